The predicted octanol–water partition coefficient (Wildman–Crippen LogP) is 6.62. The third-order valence-electron chi connectivity index (χ3n) is 8.88. The van der Waals surface area contributed by atoms with E-state index >= 15 is 0 Å². The average molecular weight is 636 g/mol. The highest BCUT2D eigenvalue weighted by molar-refractivity contribution is 6.31. The van der Waals surface area contributed by atoms with Gasteiger partial charge in [-0.1, -0.05) is 23.2 Å². The number of halogens is 2. The highest BCUT2D eigenvalue weighted by atomic mass is 35.5. The molecule has 4 rings (SSSR count). The van der Waals surface area contributed by atoms with Crippen molar-refractivity contribution in [3.8, 4) is 0 Å². The lowest BCUT2D eigenvalue weighted by Gasteiger charge is -2.39. The van der Waals surface area contributed by atoms with Crippen LogP contribution in [0.5, 0.6) is 0 Å². The molecule has 0 aromatic heterocycles. The second kappa shape index (κ2) is 16.0. The largest absolute Gasteiger partial charge is 0.478 e. The number of ether oxygens (including phenoxy) is 1. The number of aromatic carboxylic acids is 1. The Balaban J connectivity index is 0.000000236. The maximum Gasteiger partial charge on any atom is 0.338 e. The first-order valence-corrected chi connectivity index (χ1v) is 16.0. The zero-order valence-electron chi connectivity index (χ0n) is 26.8. The lowest BCUT2D eigenvalue weighted by atomic mass is 9.99. The van der Waals surface area contributed by atoms with Gasteiger partial charge in [0.15, 0.2) is 0 Å². The van der Waals surface area contributed by atoms with Crippen molar-refractivity contribution in [1.82, 2.24) is 9.80 Å². The summed E-state index contributed by atoms with van der Waals surface area (Å²) in [6, 6.07) is 8.02. The first-order valence-electron chi connectivity index (χ1n) is 15.2. The standard InChI is InChI=1S/C17H25ClN2O2.C16H23ClN2O2/c1-5-20(14-6-8-19(3)9-7-14)16-11-13(18)10-15(12(16)2)17(21)22-4;1-4-19(13-5-7-18(3)8-6-13)15-10-12(17)9-14(11(15)2)16(20)21/h10-11,14H,5-9H2,1-4H3;9-10,13H,4-8H2,1-3H3,(H,20,21). The van der Waals surface area contributed by atoms with E-state index < -0.39 is 5.97 Å². The summed E-state index contributed by atoms with van der Waals surface area (Å²) in [6.45, 7) is 14.2. The van der Waals surface area contributed by atoms with Crippen LogP contribution in [0.25, 0.3) is 0 Å². The summed E-state index contributed by atoms with van der Waals surface area (Å²) >= 11 is 12.4. The number of carboxylic acids is 1. The molecule has 8 nitrogen and oxygen atoms in total. The first kappa shape index (κ1) is 35.0. The van der Waals surface area contributed by atoms with Gasteiger partial charge in [0, 0.05) is 46.6 Å². The fourth-order valence-electron chi connectivity index (χ4n) is 6.33. The van der Waals surface area contributed by atoms with Gasteiger partial charge in [-0.05, 0) is 129 Å². The summed E-state index contributed by atoms with van der Waals surface area (Å²) in [5, 5.41) is 10.4. The number of likely N-dealkylation sites (tertiary alicyclic amines) is 2. The summed E-state index contributed by atoms with van der Waals surface area (Å²) in [6.07, 6.45) is 4.45. The highest BCUT2D eigenvalue weighted by Crippen LogP contribution is 2.33. The molecule has 2 heterocycles. The first-order chi connectivity index (χ1) is 20.4. The lowest BCUT2D eigenvalue weighted by Crippen LogP contribution is -2.44. The molecule has 2 aromatic rings. The van der Waals surface area contributed by atoms with Gasteiger partial charge >= 0.3 is 11.9 Å². The Morgan fingerprint density at radius 3 is 1.51 bits per heavy atom. The number of anilines is 2. The van der Waals surface area contributed by atoms with E-state index in [1.807, 2.05) is 26.0 Å². The van der Waals surface area contributed by atoms with Crippen LogP contribution in [0, 0.1) is 13.8 Å². The monoisotopic (exact) mass is 634 g/mol. The molecule has 0 spiro atoms. The van der Waals surface area contributed by atoms with Gasteiger partial charge in [-0.2, -0.15) is 0 Å². The summed E-state index contributed by atoms with van der Waals surface area (Å²) in [4.78, 5) is 32.7. The molecular formula is C33H48Cl2N4O4. The van der Waals surface area contributed by atoms with Crippen molar-refractivity contribution in [2.24, 2.45) is 0 Å². The minimum absolute atomic E-state index is 0.295. The van der Waals surface area contributed by atoms with Crippen molar-refractivity contribution >= 4 is 46.5 Å². The number of carbonyl (C=O) groups is 2. The second-order valence-electron chi connectivity index (χ2n) is 11.6. The van der Waals surface area contributed by atoms with E-state index in [0.29, 0.717) is 33.3 Å². The van der Waals surface area contributed by atoms with Crippen molar-refractivity contribution in [1.29, 1.82) is 0 Å². The smallest absolute Gasteiger partial charge is 0.338 e. The van der Waals surface area contributed by atoms with E-state index in [9.17, 15) is 14.7 Å². The summed E-state index contributed by atoms with van der Waals surface area (Å²) in [7, 11) is 5.70. The zero-order chi connectivity index (χ0) is 31.8. The molecule has 0 aliphatic carbocycles. The number of carboxylic acid groups (broad SMARTS) is 1. The fourth-order valence-corrected chi connectivity index (χ4v) is 6.76. The molecule has 0 unspecified atom stereocenters. The number of benzene rings is 2. The van der Waals surface area contributed by atoms with Crippen LogP contribution in [0.4, 0.5) is 11.4 Å². The predicted molar refractivity (Wildman–Crippen MR) is 178 cm³/mol. The molecule has 2 aliphatic heterocycles. The van der Waals surface area contributed by atoms with E-state index in [1.165, 1.54) is 13.2 Å². The van der Waals surface area contributed by atoms with Gasteiger partial charge in [-0.3, -0.25) is 0 Å². The van der Waals surface area contributed by atoms with E-state index in [1.54, 1.807) is 6.07 Å². The van der Waals surface area contributed by atoms with Crippen LogP contribution in [0.15, 0.2) is 24.3 Å². The lowest BCUT2D eigenvalue weighted by molar-refractivity contribution is 0.0599. The molecule has 1 N–H and O–H groups in total. The normalized spacial score (nSPS) is 16.8. The molecule has 0 bridgehead atoms. The molecular weight excluding hydrogens is 587 g/mol. The molecule has 10 heteroatoms. The third kappa shape index (κ3) is 8.78. The van der Waals surface area contributed by atoms with Crippen molar-refractivity contribution in [3.63, 3.8) is 0 Å². The number of piperidine rings is 2. The van der Waals surface area contributed by atoms with E-state index in [2.05, 4.69) is 47.5 Å². The Morgan fingerprint density at radius 1 is 0.791 bits per heavy atom. The van der Waals surface area contributed by atoms with Gasteiger partial charge in [0.25, 0.3) is 0 Å². The molecule has 2 fully saturated rings. The average Bonchev–Trinajstić information content (AvgIpc) is 2.98. The number of hydrogen-bond donors (Lipinski definition) is 1. The van der Waals surface area contributed by atoms with E-state index in [4.69, 9.17) is 27.9 Å². The van der Waals surface area contributed by atoms with Gasteiger partial charge < -0.3 is 29.4 Å². The fraction of sp³-hybridized carbons (Fsp3) is 0.576. The Hall–Kier alpha value is -2.52. The maximum atomic E-state index is 12.0. The van der Waals surface area contributed by atoms with Crippen molar-refractivity contribution in [2.45, 2.75) is 65.5 Å². The van der Waals surface area contributed by atoms with Crippen LogP contribution >= 0.6 is 23.2 Å². The van der Waals surface area contributed by atoms with Gasteiger partial charge in [0.1, 0.15) is 0 Å². The second-order valence-corrected chi connectivity index (χ2v) is 12.5. The maximum absolute atomic E-state index is 12.0. The van der Waals surface area contributed by atoms with Gasteiger partial charge in [0.2, 0.25) is 0 Å². The topological polar surface area (TPSA) is 76.6 Å². The summed E-state index contributed by atoms with van der Waals surface area (Å²) in [5.74, 6) is -1.25. The minimum Gasteiger partial charge on any atom is -0.478 e. The molecule has 2 aromatic carbocycles. The SMILES string of the molecule is CCN(c1cc(Cl)cc(C(=O)O)c1C)C1CCN(C)CC1.CCN(c1cc(Cl)cc(C(=O)OC)c1C)C1CCN(C)CC1. The van der Waals surface area contributed by atoms with Crippen molar-refractivity contribution in [3.05, 3.63) is 56.6 Å². The summed E-state index contributed by atoms with van der Waals surface area (Å²) in [5.41, 5.74) is 4.59. The van der Waals surface area contributed by atoms with E-state index in [0.717, 1.165) is 87.5 Å². The number of esters is 1. The van der Waals surface area contributed by atoms with Crippen LogP contribution in [0.2, 0.25) is 10.0 Å². The molecule has 2 saturated heterocycles. The molecule has 0 atom stereocenters. The number of rotatable bonds is 8. The highest BCUT2D eigenvalue weighted by Gasteiger charge is 2.27. The number of nitrogens with zero attached hydrogens (tertiary/aromatic N) is 4. The number of hydrogen-bond acceptors (Lipinski definition) is 7. The minimum atomic E-state index is -0.921. The Morgan fingerprint density at radius 2 is 1.16 bits per heavy atom. The molecule has 2 aliphatic rings. The van der Waals surface area contributed by atoms with Crippen LogP contribution in [-0.4, -0.2) is 99.4 Å². The van der Waals surface area contributed by atoms with Gasteiger partial charge in [0.05, 0.1) is 18.2 Å². The van der Waals surface area contributed by atoms with Gasteiger partial charge in [-0.15, -0.1) is 0 Å². The molecule has 0 amide bonds. The molecule has 43 heavy (non-hydrogen) atoms. The van der Waals surface area contributed by atoms with Crippen LogP contribution in [0.1, 0.15) is 71.4 Å². The Kier molecular flexibility index (Phi) is 13.0. The van der Waals surface area contributed by atoms with Gasteiger partial charge in [-0.25, -0.2) is 9.59 Å². The molecule has 238 valence electrons. The number of methoxy groups -OCH3 is 1. The third-order valence-corrected chi connectivity index (χ3v) is 9.32. The zero-order valence-corrected chi connectivity index (χ0v) is 28.3. The Bertz CT molecular complexity index is 1260. The van der Waals surface area contributed by atoms with Crippen molar-refractivity contribution in [2.75, 3.05) is 70.3 Å². The van der Waals surface area contributed by atoms with E-state index in [-0.39, 0.29) is 5.97 Å². The quantitative estimate of drug-likeness (QED) is 0.325. The molecule has 0 radical (unpaired) electrons. The number of carbonyl (C=O) groups excluding carboxylic acids is 1. The van der Waals surface area contributed by atoms with Crippen LogP contribution in [0.3, 0.4) is 0 Å². The summed E-state index contributed by atoms with van der Waals surface area (Å²) < 4.78 is 4.88. The molecule has 0 saturated carbocycles. The van der Waals surface area contributed by atoms with Crippen molar-refractivity contribution < 1.29 is 19.4 Å². The Labute approximate surface area is 267 Å². The van der Waals surface area contributed by atoms with Crippen LogP contribution in [-0.2, 0) is 4.74 Å². The van der Waals surface area contributed by atoms with Crippen LogP contribution < -0.4 is 9.80 Å².